The number of aliphatic hydroxyl groups excluding tert-OH is 1. The summed E-state index contributed by atoms with van der Waals surface area (Å²) in [6, 6.07) is 33.2. The number of benzene rings is 4. The molecule has 1 fully saturated rings. The molecule has 0 radical (unpaired) electrons. The number of amides is 1. The number of carbonyl (C=O) groups is 1. The van der Waals surface area contributed by atoms with E-state index in [0.29, 0.717) is 18.5 Å². The van der Waals surface area contributed by atoms with Crippen molar-refractivity contribution in [1.29, 1.82) is 0 Å². The van der Waals surface area contributed by atoms with Crippen molar-refractivity contribution in [3.63, 3.8) is 0 Å². The van der Waals surface area contributed by atoms with Crippen molar-refractivity contribution in [1.82, 2.24) is 15.3 Å². The second kappa shape index (κ2) is 21.2. The number of aromatic nitrogens is 2. The highest BCUT2D eigenvalue weighted by molar-refractivity contribution is 7.92. The molecule has 11 nitrogen and oxygen atoms in total. The predicted octanol–water partition coefficient (Wildman–Crippen LogP) is 7.02. The third-order valence-corrected chi connectivity index (χ3v) is 13.8. The van der Waals surface area contributed by atoms with Crippen molar-refractivity contribution < 1.29 is 32.5 Å². The molecule has 0 saturated heterocycles. The van der Waals surface area contributed by atoms with E-state index >= 15 is 8.42 Å². The van der Waals surface area contributed by atoms with Gasteiger partial charge in [0, 0.05) is 12.6 Å². The summed E-state index contributed by atoms with van der Waals surface area (Å²) in [5.74, 6) is -1.02. The average molecular weight is 837 g/mol. The third-order valence-electron chi connectivity index (χ3n) is 11.5. The second-order valence-electron chi connectivity index (χ2n) is 16.5. The van der Waals surface area contributed by atoms with E-state index in [4.69, 9.17) is 19.9 Å². The van der Waals surface area contributed by atoms with Crippen molar-refractivity contribution in [2.45, 2.75) is 125 Å². The number of nitrogens with zero attached hydrogens (tertiary/aromatic N) is 1. The first-order valence-corrected chi connectivity index (χ1v) is 22.5. The molecule has 12 heteroatoms. The normalized spacial score (nSPS) is 16.9. The molecule has 4 aromatic carbocycles. The number of hydrogen-bond donors (Lipinski definition) is 4. The topological polar surface area (TPSA) is 166 Å². The molecule has 6 atom stereocenters. The molecular formula is C48H60N4O7S. The molecule has 60 heavy (non-hydrogen) atoms. The summed E-state index contributed by atoms with van der Waals surface area (Å²) in [7, 11) is -4.21. The minimum atomic E-state index is -4.21. The van der Waals surface area contributed by atoms with Gasteiger partial charge in [0.1, 0.15) is 18.3 Å². The molecule has 1 unspecified atom stereocenters. The monoisotopic (exact) mass is 836 g/mol. The first-order valence-electron chi connectivity index (χ1n) is 20.9. The molecule has 5 N–H and O–H groups in total. The fraction of sp³-hybridized carbons (Fsp3) is 0.417. The predicted molar refractivity (Wildman–Crippen MR) is 232 cm³/mol. The van der Waals surface area contributed by atoms with Crippen LogP contribution in [0.15, 0.2) is 133 Å². The van der Waals surface area contributed by atoms with Gasteiger partial charge in [0.2, 0.25) is 5.91 Å². The van der Waals surface area contributed by atoms with E-state index in [1.165, 1.54) is 6.33 Å². The molecule has 1 aliphatic carbocycles. The number of aromatic amines is 1. The van der Waals surface area contributed by atoms with Crippen LogP contribution < -0.4 is 11.1 Å². The molecule has 1 saturated carbocycles. The minimum Gasteiger partial charge on any atom is -0.388 e. The van der Waals surface area contributed by atoms with Gasteiger partial charge in [-0.05, 0) is 68.4 Å². The number of ether oxygens (including phenoxy) is 3. The maximum Gasteiger partial charge on any atom is 0.237 e. The van der Waals surface area contributed by atoms with Gasteiger partial charge in [-0.3, -0.25) is 4.79 Å². The smallest absolute Gasteiger partial charge is 0.237 e. The summed E-state index contributed by atoms with van der Waals surface area (Å²) in [6.45, 7) is 6.09. The third kappa shape index (κ3) is 12.0. The number of nitrogens with one attached hydrogen (secondary N) is 2. The molecule has 320 valence electrons. The lowest BCUT2D eigenvalue weighted by Gasteiger charge is -2.45. The lowest BCUT2D eigenvalue weighted by Crippen LogP contribution is -2.65. The van der Waals surface area contributed by atoms with E-state index in [-0.39, 0.29) is 31.1 Å². The summed E-state index contributed by atoms with van der Waals surface area (Å²) in [5.41, 5.74) is 9.54. The Bertz CT molecular complexity index is 2130. The Hall–Kier alpha value is -4.69. The Morgan fingerprint density at radius 3 is 1.93 bits per heavy atom. The summed E-state index contributed by atoms with van der Waals surface area (Å²) in [4.78, 5) is 21.6. The Balaban J connectivity index is 1.47. The Labute approximate surface area is 355 Å². The van der Waals surface area contributed by atoms with Crippen LogP contribution in [0.2, 0.25) is 0 Å². The summed E-state index contributed by atoms with van der Waals surface area (Å²) in [5, 5.41) is 15.0. The SMILES string of the molecule is Cc1ccc(S(=O)(=O)C(C2CCCCC2)[C@@H](NC(=O)[C@@H](N)Cc2c[nH]cn2)[C@@H](O)[C@@H](OCc2ccccc2)[C@H](OCc2ccccc2)C(C)(C)OCc2ccccc2)cc1. The number of nitrogens with two attached hydrogens (primary N) is 1. The zero-order chi connectivity index (χ0) is 42.5. The van der Waals surface area contributed by atoms with Crippen LogP contribution in [0.25, 0.3) is 0 Å². The standard InChI is InChI=1S/C48H60N4O7S/c1-34-24-26-40(27-25-34)60(55,56)45(38-22-14-7-15-23-38)42(52-47(54)41(49)28-39-29-50-33-51-39)43(53)44(57-30-35-16-8-4-9-17-35)46(58-31-36-18-10-5-11-19-36)48(2,3)59-32-37-20-12-6-13-21-37/h4-6,8-13,16-21,24-27,29,33,38,41-46,53H,7,14-15,22-23,28,30-32,49H2,1-3H3,(H,50,51)(H,52,54)/t41-,42-,43+,44+,45?,46-/m0/s1. The van der Waals surface area contributed by atoms with E-state index in [1.807, 2.05) is 112 Å². The molecule has 5 aromatic rings. The molecule has 1 aliphatic rings. The minimum absolute atomic E-state index is 0.0562. The molecule has 1 amide bonds. The number of imidazole rings is 1. The highest BCUT2D eigenvalue weighted by atomic mass is 32.2. The fourth-order valence-corrected chi connectivity index (χ4v) is 10.4. The van der Waals surface area contributed by atoms with Crippen LogP contribution in [0.5, 0.6) is 0 Å². The number of aryl methyl sites for hydroxylation is 1. The molecule has 6 rings (SSSR count). The lowest BCUT2D eigenvalue weighted by atomic mass is 9.81. The zero-order valence-electron chi connectivity index (χ0n) is 34.9. The van der Waals surface area contributed by atoms with Crippen LogP contribution in [-0.4, -0.2) is 70.6 Å². The number of hydrogen-bond acceptors (Lipinski definition) is 9. The van der Waals surface area contributed by atoms with E-state index in [2.05, 4.69) is 15.3 Å². The Morgan fingerprint density at radius 1 is 0.833 bits per heavy atom. The summed E-state index contributed by atoms with van der Waals surface area (Å²) < 4.78 is 50.8. The number of rotatable bonds is 21. The van der Waals surface area contributed by atoms with Gasteiger partial charge in [0.15, 0.2) is 9.84 Å². The van der Waals surface area contributed by atoms with E-state index in [1.54, 1.807) is 30.5 Å². The number of aliphatic hydroxyl groups is 1. The van der Waals surface area contributed by atoms with Gasteiger partial charge in [-0.2, -0.15) is 0 Å². The van der Waals surface area contributed by atoms with E-state index in [9.17, 15) is 9.90 Å². The number of carbonyl (C=O) groups excluding carboxylic acids is 1. The van der Waals surface area contributed by atoms with E-state index in [0.717, 1.165) is 41.5 Å². The van der Waals surface area contributed by atoms with Crippen LogP contribution in [0.1, 0.15) is 73.9 Å². The van der Waals surface area contributed by atoms with E-state index < -0.39 is 62.9 Å². The molecule has 1 heterocycles. The fourth-order valence-electron chi connectivity index (χ4n) is 8.15. The molecule has 0 bridgehead atoms. The van der Waals surface area contributed by atoms with Crippen LogP contribution in [0.3, 0.4) is 0 Å². The highest BCUT2D eigenvalue weighted by Gasteiger charge is 2.51. The van der Waals surface area contributed by atoms with Crippen molar-refractivity contribution in [2.75, 3.05) is 0 Å². The maximum absolute atomic E-state index is 15.2. The van der Waals surface area contributed by atoms with Crippen molar-refractivity contribution >= 4 is 15.7 Å². The highest BCUT2D eigenvalue weighted by Crippen LogP contribution is 2.38. The van der Waals surface area contributed by atoms with Crippen LogP contribution in [0, 0.1) is 12.8 Å². The first-order chi connectivity index (χ1) is 28.9. The average Bonchev–Trinajstić information content (AvgIpc) is 3.78. The Kier molecular flexibility index (Phi) is 15.9. The molecule has 0 spiro atoms. The van der Waals surface area contributed by atoms with Crippen molar-refractivity contribution in [3.05, 3.63) is 156 Å². The van der Waals surface area contributed by atoms with Gasteiger partial charge in [0.25, 0.3) is 0 Å². The summed E-state index contributed by atoms with van der Waals surface area (Å²) >= 11 is 0. The number of sulfone groups is 1. The van der Waals surface area contributed by atoms with Crippen LogP contribution in [-0.2, 0) is 55.1 Å². The van der Waals surface area contributed by atoms with Gasteiger partial charge >= 0.3 is 0 Å². The second-order valence-corrected chi connectivity index (χ2v) is 18.6. The summed E-state index contributed by atoms with van der Waals surface area (Å²) in [6.07, 6.45) is 3.19. The largest absolute Gasteiger partial charge is 0.388 e. The van der Waals surface area contributed by atoms with Crippen LogP contribution >= 0.6 is 0 Å². The molecule has 0 aliphatic heterocycles. The molecule has 1 aromatic heterocycles. The van der Waals surface area contributed by atoms with Gasteiger partial charge in [0.05, 0.1) is 59.7 Å². The lowest BCUT2D eigenvalue weighted by molar-refractivity contribution is -0.213. The quantitative estimate of drug-likeness (QED) is 0.0608. The van der Waals surface area contributed by atoms with Crippen molar-refractivity contribution in [2.24, 2.45) is 11.7 Å². The van der Waals surface area contributed by atoms with Gasteiger partial charge in [-0.1, -0.05) is 128 Å². The Morgan fingerprint density at radius 2 is 1.38 bits per heavy atom. The van der Waals surface area contributed by atoms with Gasteiger partial charge in [-0.15, -0.1) is 0 Å². The maximum atomic E-state index is 15.2. The zero-order valence-corrected chi connectivity index (χ0v) is 35.7. The first kappa shape index (κ1) is 44.9. The van der Waals surface area contributed by atoms with Gasteiger partial charge in [-0.25, -0.2) is 13.4 Å². The van der Waals surface area contributed by atoms with Crippen LogP contribution in [0.4, 0.5) is 0 Å². The van der Waals surface area contributed by atoms with Crippen molar-refractivity contribution in [3.8, 4) is 0 Å². The van der Waals surface area contributed by atoms with Gasteiger partial charge < -0.3 is 35.4 Å². The number of H-pyrrole nitrogens is 1. The molecular weight excluding hydrogens is 777 g/mol.